The minimum absolute atomic E-state index is 0.0755. The van der Waals surface area contributed by atoms with Crippen LogP contribution in [0.1, 0.15) is 15.4 Å². The second kappa shape index (κ2) is 7.33. The Morgan fingerprint density at radius 1 is 1.29 bits per heavy atom. The molecule has 10 heteroatoms. The third kappa shape index (κ3) is 3.50. The van der Waals surface area contributed by atoms with Crippen molar-refractivity contribution in [2.24, 2.45) is 0 Å². The molecular formula is C18H13ClF2N4O2S. The number of nitrogens with one attached hydrogen (secondary N) is 2. The van der Waals surface area contributed by atoms with Crippen LogP contribution in [0.3, 0.4) is 0 Å². The summed E-state index contributed by atoms with van der Waals surface area (Å²) >= 11 is 7.31. The predicted octanol–water partition coefficient (Wildman–Crippen LogP) is 3.69. The summed E-state index contributed by atoms with van der Waals surface area (Å²) in [5, 5.41) is 6.28. The summed E-state index contributed by atoms with van der Waals surface area (Å²) < 4.78 is 29.2. The predicted molar refractivity (Wildman–Crippen MR) is 103 cm³/mol. The van der Waals surface area contributed by atoms with Crippen molar-refractivity contribution in [1.82, 2.24) is 15.6 Å². The van der Waals surface area contributed by atoms with Gasteiger partial charge in [-0.25, -0.2) is 18.6 Å². The van der Waals surface area contributed by atoms with Gasteiger partial charge in [-0.2, -0.15) is 0 Å². The SMILES string of the molecule is O=C(NCc1nc2cc(Cl)ccc2s1)c1cc(N2CCNC2=O)c(F)cc1F. The smallest absolute Gasteiger partial charge is 0.322 e. The molecule has 144 valence electrons. The molecule has 3 amide bonds. The van der Waals surface area contributed by atoms with E-state index in [0.29, 0.717) is 28.2 Å². The number of halogens is 3. The molecule has 2 N–H and O–H groups in total. The van der Waals surface area contributed by atoms with E-state index in [9.17, 15) is 18.4 Å². The van der Waals surface area contributed by atoms with Gasteiger partial charge in [-0.1, -0.05) is 11.6 Å². The van der Waals surface area contributed by atoms with Crippen molar-refractivity contribution in [3.05, 3.63) is 57.6 Å². The Hall–Kier alpha value is -2.78. The van der Waals surface area contributed by atoms with Crippen molar-refractivity contribution in [2.75, 3.05) is 18.0 Å². The summed E-state index contributed by atoms with van der Waals surface area (Å²) in [4.78, 5) is 29.7. The number of carbonyl (C=O) groups excluding carboxylic acids is 2. The Morgan fingerprint density at radius 3 is 2.86 bits per heavy atom. The van der Waals surface area contributed by atoms with Crippen molar-refractivity contribution in [3.8, 4) is 0 Å². The molecule has 3 aromatic rings. The third-order valence-electron chi connectivity index (χ3n) is 4.22. The van der Waals surface area contributed by atoms with Gasteiger partial charge in [0.2, 0.25) is 0 Å². The molecule has 1 aliphatic heterocycles. The van der Waals surface area contributed by atoms with Gasteiger partial charge in [0.1, 0.15) is 16.6 Å². The third-order valence-corrected chi connectivity index (χ3v) is 5.49. The van der Waals surface area contributed by atoms with Gasteiger partial charge in [0.15, 0.2) is 0 Å². The molecule has 4 rings (SSSR count). The van der Waals surface area contributed by atoms with Gasteiger partial charge in [-0.05, 0) is 24.3 Å². The molecule has 0 atom stereocenters. The topological polar surface area (TPSA) is 74.3 Å². The molecule has 1 aromatic heterocycles. The molecule has 2 heterocycles. The van der Waals surface area contributed by atoms with Crippen LogP contribution in [0.25, 0.3) is 10.2 Å². The summed E-state index contributed by atoms with van der Waals surface area (Å²) in [6, 6.07) is 6.44. The number of benzene rings is 2. The lowest BCUT2D eigenvalue weighted by Gasteiger charge is -2.16. The second-order valence-corrected chi connectivity index (χ2v) is 7.62. The number of fused-ring (bicyclic) bond motifs is 1. The average Bonchev–Trinajstić information content (AvgIpc) is 3.25. The number of rotatable bonds is 4. The summed E-state index contributed by atoms with van der Waals surface area (Å²) in [5.74, 6) is -2.64. The number of hydrogen-bond acceptors (Lipinski definition) is 4. The molecule has 0 radical (unpaired) electrons. The van der Waals surface area contributed by atoms with Gasteiger partial charge in [-0.3, -0.25) is 9.69 Å². The van der Waals surface area contributed by atoms with Crippen molar-refractivity contribution in [1.29, 1.82) is 0 Å². The lowest BCUT2D eigenvalue weighted by molar-refractivity contribution is 0.0946. The van der Waals surface area contributed by atoms with Crippen LogP contribution in [0.15, 0.2) is 30.3 Å². The lowest BCUT2D eigenvalue weighted by atomic mass is 10.1. The van der Waals surface area contributed by atoms with Crippen LogP contribution < -0.4 is 15.5 Å². The van der Waals surface area contributed by atoms with Gasteiger partial charge in [-0.15, -0.1) is 11.3 Å². The second-order valence-electron chi connectivity index (χ2n) is 6.07. The van der Waals surface area contributed by atoms with Gasteiger partial charge >= 0.3 is 6.03 Å². The number of nitrogens with zero attached hydrogens (tertiary/aromatic N) is 2. The highest BCUT2D eigenvalue weighted by atomic mass is 35.5. The first-order valence-corrected chi connectivity index (χ1v) is 9.49. The Balaban J connectivity index is 1.54. The molecule has 1 saturated heterocycles. The largest absolute Gasteiger partial charge is 0.345 e. The van der Waals surface area contributed by atoms with Gasteiger partial charge < -0.3 is 10.6 Å². The number of hydrogen-bond donors (Lipinski definition) is 2. The molecule has 1 aliphatic rings. The Kier molecular flexibility index (Phi) is 4.86. The van der Waals surface area contributed by atoms with Crippen LogP contribution in [0.4, 0.5) is 19.3 Å². The highest BCUT2D eigenvalue weighted by Gasteiger charge is 2.26. The van der Waals surface area contributed by atoms with E-state index in [1.807, 2.05) is 6.07 Å². The van der Waals surface area contributed by atoms with E-state index in [2.05, 4.69) is 15.6 Å². The zero-order valence-corrected chi connectivity index (χ0v) is 15.8. The molecule has 1 fully saturated rings. The fraction of sp³-hybridized carbons (Fsp3) is 0.167. The normalized spacial score (nSPS) is 13.8. The summed E-state index contributed by atoms with van der Waals surface area (Å²) in [5.41, 5.74) is 0.216. The van der Waals surface area contributed by atoms with E-state index in [1.54, 1.807) is 12.1 Å². The number of amides is 3. The fourth-order valence-corrected chi connectivity index (χ4v) is 3.95. The quantitative estimate of drug-likeness (QED) is 0.673. The van der Waals surface area contributed by atoms with E-state index in [4.69, 9.17) is 11.6 Å². The van der Waals surface area contributed by atoms with Crippen LogP contribution >= 0.6 is 22.9 Å². The summed E-state index contributed by atoms with van der Waals surface area (Å²) in [7, 11) is 0. The number of aromatic nitrogens is 1. The Labute approximate surface area is 167 Å². The van der Waals surface area contributed by atoms with Crippen LogP contribution in [-0.4, -0.2) is 30.0 Å². The standard InChI is InChI=1S/C18H13ClF2N4O2S/c19-9-1-2-15-13(5-9)24-16(28-15)8-23-17(26)10-6-14(12(21)7-11(10)20)25-4-3-22-18(25)27/h1-2,5-7H,3-4,8H2,(H,22,27)(H,23,26). The van der Waals surface area contributed by atoms with Crippen LogP contribution in [-0.2, 0) is 6.54 Å². The maximum absolute atomic E-state index is 14.2. The van der Waals surface area contributed by atoms with Crippen LogP contribution in [0.2, 0.25) is 5.02 Å². The minimum Gasteiger partial charge on any atom is -0.345 e. The summed E-state index contributed by atoms with van der Waals surface area (Å²) in [6.07, 6.45) is 0. The lowest BCUT2D eigenvalue weighted by Crippen LogP contribution is -2.30. The first-order chi connectivity index (χ1) is 13.4. The maximum atomic E-state index is 14.2. The maximum Gasteiger partial charge on any atom is 0.322 e. The van der Waals surface area contributed by atoms with Gasteiger partial charge in [0.25, 0.3) is 5.91 Å². The van der Waals surface area contributed by atoms with E-state index in [0.717, 1.165) is 15.7 Å². The average molecular weight is 423 g/mol. The molecule has 0 aliphatic carbocycles. The van der Waals surface area contributed by atoms with Crippen molar-refractivity contribution in [3.63, 3.8) is 0 Å². The summed E-state index contributed by atoms with van der Waals surface area (Å²) in [6.45, 7) is 0.654. The molecule has 0 unspecified atom stereocenters. The van der Waals surface area contributed by atoms with Crippen LogP contribution in [0, 0.1) is 11.6 Å². The number of anilines is 1. The Bertz CT molecular complexity index is 1100. The molecule has 6 nitrogen and oxygen atoms in total. The van der Waals surface area contributed by atoms with E-state index >= 15 is 0 Å². The van der Waals surface area contributed by atoms with Gasteiger partial charge in [0.05, 0.1) is 28.0 Å². The van der Waals surface area contributed by atoms with E-state index < -0.39 is 23.6 Å². The monoisotopic (exact) mass is 422 g/mol. The molecular weight excluding hydrogens is 410 g/mol. The molecule has 0 saturated carbocycles. The first-order valence-electron chi connectivity index (χ1n) is 8.30. The zero-order valence-electron chi connectivity index (χ0n) is 14.3. The highest BCUT2D eigenvalue weighted by molar-refractivity contribution is 7.18. The fourth-order valence-electron chi connectivity index (χ4n) is 2.89. The molecule has 0 bridgehead atoms. The molecule has 2 aromatic carbocycles. The number of thiazole rings is 1. The van der Waals surface area contributed by atoms with Crippen molar-refractivity contribution < 1.29 is 18.4 Å². The molecule has 28 heavy (non-hydrogen) atoms. The molecule has 0 spiro atoms. The minimum atomic E-state index is -1.01. The van der Waals surface area contributed by atoms with E-state index in [1.165, 1.54) is 11.3 Å². The van der Waals surface area contributed by atoms with E-state index in [-0.39, 0.29) is 24.3 Å². The Morgan fingerprint density at radius 2 is 2.11 bits per heavy atom. The van der Waals surface area contributed by atoms with Gasteiger partial charge in [0, 0.05) is 24.2 Å². The number of carbonyl (C=O) groups is 2. The number of urea groups is 1. The van der Waals surface area contributed by atoms with Crippen molar-refractivity contribution >= 4 is 50.8 Å². The van der Waals surface area contributed by atoms with Crippen molar-refractivity contribution in [2.45, 2.75) is 6.54 Å². The zero-order chi connectivity index (χ0) is 19.8. The van der Waals surface area contributed by atoms with Crippen LogP contribution in [0.5, 0.6) is 0 Å². The first kappa shape index (κ1) is 18.6. The highest BCUT2D eigenvalue weighted by Crippen LogP contribution is 2.26.